The minimum atomic E-state index is -0.585. The van der Waals surface area contributed by atoms with Crippen LogP contribution in [0.15, 0.2) is 15.0 Å². The highest BCUT2D eigenvalue weighted by Crippen LogP contribution is 2.33. The van der Waals surface area contributed by atoms with Crippen molar-refractivity contribution in [2.24, 2.45) is 17.3 Å². The second-order valence-electron chi connectivity index (χ2n) is 4.86. The lowest BCUT2D eigenvalue weighted by Crippen LogP contribution is -2.20. The van der Waals surface area contributed by atoms with Gasteiger partial charge in [0.2, 0.25) is 11.0 Å². The van der Waals surface area contributed by atoms with E-state index in [0.29, 0.717) is 22.6 Å². The molecule has 1 N–H and O–H groups in total. The van der Waals surface area contributed by atoms with Crippen LogP contribution in [0.1, 0.15) is 11.1 Å². The number of rotatable bonds is 5. The van der Waals surface area contributed by atoms with E-state index in [-0.39, 0.29) is 22.7 Å². The molecule has 0 aromatic carbocycles. The van der Waals surface area contributed by atoms with Gasteiger partial charge < -0.3 is 10.0 Å². The molecule has 0 radical (unpaired) electrons. The topological polar surface area (TPSA) is 120 Å². The van der Waals surface area contributed by atoms with Gasteiger partial charge in [0.1, 0.15) is 11.6 Å². The third kappa shape index (κ3) is 3.39. The van der Waals surface area contributed by atoms with E-state index in [2.05, 4.69) is 33.1 Å². The Labute approximate surface area is 147 Å². The zero-order chi connectivity index (χ0) is 17.9. The van der Waals surface area contributed by atoms with Gasteiger partial charge in [-0.05, 0) is 6.92 Å². The molecule has 24 heavy (non-hydrogen) atoms. The zero-order valence-electron chi connectivity index (χ0n) is 13.3. The lowest BCUT2D eigenvalue weighted by molar-refractivity contribution is 0.424. The fourth-order valence-corrected chi connectivity index (χ4v) is 2.82. The number of pyridine rings is 1. The Morgan fingerprint density at radius 3 is 2.79 bits per heavy atom. The van der Waals surface area contributed by atoms with Gasteiger partial charge in [-0.15, -0.1) is 20.4 Å². The van der Waals surface area contributed by atoms with Crippen molar-refractivity contribution in [1.82, 2.24) is 14.8 Å². The fourth-order valence-electron chi connectivity index (χ4n) is 1.86. The maximum atomic E-state index is 11.9. The van der Waals surface area contributed by atoms with Crippen LogP contribution in [-0.2, 0) is 7.05 Å². The van der Waals surface area contributed by atoms with Crippen LogP contribution >= 0.6 is 24.0 Å². The molecular formula is C13H15N7O2S2. The van der Waals surface area contributed by atoms with Gasteiger partial charge in [-0.25, -0.2) is 0 Å². The number of azo groups is 1. The van der Waals surface area contributed by atoms with Crippen LogP contribution < -0.4 is 10.5 Å². The van der Waals surface area contributed by atoms with Crippen molar-refractivity contribution < 1.29 is 5.11 Å². The largest absolute Gasteiger partial charge is 0.493 e. The van der Waals surface area contributed by atoms with Gasteiger partial charge in [0.05, 0.1) is 0 Å². The summed E-state index contributed by atoms with van der Waals surface area (Å²) >= 11 is 5.38. The lowest BCUT2D eigenvalue weighted by atomic mass is 10.1. The summed E-state index contributed by atoms with van der Waals surface area (Å²) in [5.41, 5.74) is -0.360. The van der Waals surface area contributed by atoms with Gasteiger partial charge in [-0.1, -0.05) is 11.3 Å². The number of aromatic hydroxyl groups is 1. The first-order chi connectivity index (χ1) is 11.4. The molecule has 0 spiro atoms. The minimum Gasteiger partial charge on any atom is -0.493 e. The predicted molar refractivity (Wildman–Crippen MR) is 94.0 cm³/mol. The second kappa shape index (κ2) is 7.41. The van der Waals surface area contributed by atoms with Crippen molar-refractivity contribution in [1.29, 1.82) is 5.26 Å². The molecule has 2 aromatic heterocycles. The van der Waals surface area contributed by atoms with Gasteiger partial charge >= 0.3 is 0 Å². The summed E-state index contributed by atoms with van der Waals surface area (Å²) in [6.45, 7) is 2.24. The second-order valence-corrected chi connectivity index (χ2v) is 6.24. The number of aromatic nitrogens is 3. The maximum Gasteiger partial charge on any atom is 0.271 e. The van der Waals surface area contributed by atoms with Crippen LogP contribution in [0.4, 0.5) is 16.0 Å². The molecule has 2 heterocycles. The molecule has 11 heteroatoms. The van der Waals surface area contributed by atoms with Crippen molar-refractivity contribution in [3.8, 4) is 11.9 Å². The molecule has 0 aliphatic heterocycles. The molecule has 0 bridgehead atoms. The van der Waals surface area contributed by atoms with Crippen molar-refractivity contribution in [2.45, 2.75) is 6.92 Å². The van der Waals surface area contributed by atoms with E-state index in [1.165, 1.54) is 25.3 Å². The molecule has 0 aliphatic carbocycles. The van der Waals surface area contributed by atoms with Crippen LogP contribution in [0.25, 0.3) is 0 Å². The summed E-state index contributed by atoms with van der Waals surface area (Å²) < 4.78 is 0.950. The molecule has 0 saturated carbocycles. The summed E-state index contributed by atoms with van der Waals surface area (Å²) in [7, 11) is 3.21. The van der Waals surface area contributed by atoms with Crippen LogP contribution in [0.5, 0.6) is 5.88 Å². The van der Waals surface area contributed by atoms with E-state index in [1.54, 1.807) is 0 Å². The first-order valence-electron chi connectivity index (χ1n) is 6.80. The quantitative estimate of drug-likeness (QED) is 0.617. The van der Waals surface area contributed by atoms with Gasteiger partial charge in [-0.2, -0.15) is 17.9 Å². The Bertz CT molecular complexity index is 882. The van der Waals surface area contributed by atoms with Crippen molar-refractivity contribution in [3.63, 3.8) is 0 Å². The molecule has 0 atom stereocenters. The molecule has 0 amide bonds. The Hall–Kier alpha value is -2.45. The Kier molecular flexibility index (Phi) is 5.53. The fraction of sp³-hybridized carbons (Fsp3) is 0.385. The van der Waals surface area contributed by atoms with E-state index >= 15 is 0 Å². The average Bonchev–Trinajstić information content (AvgIpc) is 3.03. The first kappa shape index (κ1) is 17.9. The van der Waals surface area contributed by atoms with Crippen LogP contribution in [0.3, 0.4) is 0 Å². The summed E-state index contributed by atoms with van der Waals surface area (Å²) in [6.07, 6.45) is 0. The van der Waals surface area contributed by atoms with Gasteiger partial charge in [0.15, 0.2) is 5.69 Å². The highest BCUT2D eigenvalue weighted by atomic mass is 32.1. The van der Waals surface area contributed by atoms with E-state index in [0.717, 1.165) is 4.57 Å². The third-order valence-corrected chi connectivity index (χ3v) is 4.41. The SMILES string of the molecule is Cc1c(/N=N/c2nnc(N(C)CCS)s2)c(O)n(C)c(=O)c1C#N. The minimum absolute atomic E-state index is 0.0501. The van der Waals surface area contributed by atoms with Crippen LogP contribution in [0.2, 0.25) is 0 Å². The van der Waals surface area contributed by atoms with E-state index in [9.17, 15) is 9.90 Å². The van der Waals surface area contributed by atoms with Crippen LogP contribution in [0, 0.1) is 18.3 Å². The lowest BCUT2D eigenvalue weighted by Gasteiger charge is -2.11. The Balaban J connectivity index is 2.39. The summed E-state index contributed by atoms with van der Waals surface area (Å²) in [6, 6.07) is 1.82. The van der Waals surface area contributed by atoms with Gasteiger partial charge in [0.25, 0.3) is 10.7 Å². The number of thiol groups is 1. The molecule has 2 rings (SSSR count). The maximum absolute atomic E-state index is 11.9. The van der Waals surface area contributed by atoms with Crippen LogP contribution in [-0.4, -0.2) is 39.2 Å². The molecular weight excluding hydrogens is 350 g/mol. The van der Waals surface area contributed by atoms with E-state index < -0.39 is 5.56 Å². The molecule has 0 unspecified atom stereocenters. The summed E-state index contributed by atoms with van der Waals surface area (Å²) in [5.74, 6) is 0.312. The zero-order valence-corrected chi connectivity index (χ0v) is 15.0. The number of anilines is 1. The predicted octanol–water partition coefficient (Wildman–Crippen LogP) is 1.90. The highest BCUT2D eigenvalue weighted by molar-refractivity contribution is 7.80. The van der Waals surface area contributed by atoms with Gasteiger partial charge in [-0.3, -0.25) is 9.36 Å². The van der Waals surface area contributed by atoms with Crippen molar-refractivity contribution in [2.75, 3.05) is 24.2 Å². The molecule has 0 aliphatic rings. The van der Waals surface area contributed by atoms with Gasteiger partial charge in [0, 0.05) is 32.0 Å². The Morgan fingerprint density at radius 2 is 2.17 bits per heavy atom. The normalized spacial score (nSPS) is 11.0. The summed E-state index contributed by atoms with van der Waals surface area (Å²) in [5, 5.41) is 35.9. The van der Waals surface area contributed by atoms with Crippen molar-refractivity contribution >= 4 is 39.9 Å². The number of hydrogen-bond acceptors (Lipinski definition) is 10. The number of nitriles is 1. The number of hydrogen-bond donors (Lipinski definition) is 2. The van der Waals surface area contributed by atoms with Crippen molar-refractivity contribution in [3.05, 3.63) is 21.5 Å². The molecule has 2 aromatic rings. The third-order valence-electron chi connectivity index (χ3n) is 3.29. The highest BCUT2D eigenvalue weighted by Gasteiger charge is 2.17. The molecule has 0 fully saturated rings. The monoisotopic (exact) mass is 365 g/mol. The smallest absolute Gasteiger partial charge is 0.271 e. The molecule has 0 saturated heterocycles. The van der Waals surface area contributed by atoms with E-state index in [1.807, 2.05) is 18.0 Å². The molecule has 126 valence electrons. The number of nitrogens with zero attached hydrogens (tertiary/aromatic N) is 7. The Morgan fingerprint density at radius 1 is 1.46 bits per heavy atom. The molecule has 9 nitrogen and oxygen atoms in total. The summed E-state index contributed by atoms with van der Waals surface area (Å²) in [4.78, 5) is 13.8. The average molecular weight is 365 g/mol. The standard InChI is InChI=1S/C13H15N7O2S2/c1-7-8(6-14)10(21)20(3)11(22)9(7)15-16-12-17-18-13(24-12)19(2)4-5-23/h22-23H,4-5H2,1-3H3/b16-15+. The van der Waals surface area contributed by atoms with E-state index in [4.69, 9.17) is 5.26 Å². The first-order valence-corrected chi connectivity index (χ1v) is 8.25.